The second-order valence-electron chi connectivity index (χ2n) is 4.66. The van der Waals surface area contributed by atoms with Crippen molar-refractivity contribution in [2.45, 2.75) is 18.6 Å². The van der Waals surface area contributed by atoms with Gasteiger partial charge in [0, 0.05) is 16.5 Å². The van der Waals surface area contributed by atoms with Gasteiger partial charge >= 0.3 is 0 Å². The van der Waals surface area contributed by atoms with Crippen molar-refractivity contribution in [3.63, 3.8) is 0 Å². The van der Waals surface area contributed by atoms with Crippen LogP contribution >= 0.6 is 23.2 Å². The van der Waals surface area contributed by atoms with Crippen molar-refractivity contribution in [3.05, 3.63) is 63.6 Å². The minimum Gasteiger partial charge on any atom is -0.488 e. The third kappa shape index (κ3) is 2.44. The molecule has 1 aliphatic rings. The molecular weight excluding hydrogens is 281 g/mol. The molecule has 19 heavy (non-hydrogen) atoms. The molecule has 4 heteroatoms. The molecular formula is C15H13Cl2NO. The fraction of sp³-hybridized carbons (Fsp3) is 0.200. The first-order chi connectivity index (χ1) is 9.15. The number of hydrogen-bond donors (Lipinski definition) is 1. The number of rotatable bonds is 2. The molecule has 1 heterocycles. The van der Waals surface area contributed by atoms with Gasteiger partial charge in [-0.05, 0) is 35.4 Å². The van der Waals surface area contributed by atoms with Crippen LogP contribution in [0.4, 0.5) is 0 Å². The molecule has 0 spiro atoms. The van der Waals surface area contributed by atoms with Gasteiger partial charge in [-0.25, -0.2) is 0 Å². The lowest BCUT2D eigenvalue weighted by Crippen LogP contribution is -2.30. The van der Waals surface area contributed by atoms with Crippen molar-refractivity contribution in [1.82, 2.24) is 0 Å². The van der Waals surface area contributed by atoms with Crippen molar-refractivity contribution in [2.24, 2.45) is 5.73 Å². The van der Waals surface area contributed by atoms with Crippen molar-refractivity contribution >= 4 is 23.2 Å². The van der Waals surface area contributed by atoms with Gasteiger partial charge in [-0.2, -0.15) is 0 Å². The van der Waals surface area contributed by atoms with Gasteiger partial charge in [0.1, 0.15) is 11.9 Å². The SMILES string of the molecule is NC(c1cc(Cl)ccc1Cl)C1Cc2ccccc2O1. The zero-order chi connectivity index (χ0) is 13.4. The topological polar surface area (TPSA) is 35.2 Å². The number of benzene rings is 2. The van der Waals surface area contributed by atoms with Crippen LogP contribution in [0.5, 0.6) is 5.75 Å². The summed E-state index contributed by atoms with van der Waals surface area (Å²) in [6.07, 6.45) is 0.688. The summed E-state index contributed by atoms with van der Waals surface area (Å²) < 4.78 is 5.89. The maximum atomic E-state index is 6.28. The molecule has 2 atom stereocenters. The first-order valence-electron chi connectivity index (χ1n) is 6.10. The molecule has 2 N–H and O–H groups in total. The molecule has 0 bridgehead atoms. The summed E-state index contributed by atoms with van der Waals surface area (Å²) in [6.45, 7) is 0. The maximum Gasteiger partial charge on any atom is 0.123 e. The molecule has 0 aromatic heterocycles. The fourth-order valence-electron chi connectivity index (χ4n) is 2.38. The van der Waals surface area contributed by atoms with Crippen LogP contribution in [-0.4, -0.2) is 6.10 Å². The highest BCUT2D eigenvalue weighted by Crippen LogP contribution is 2.35. The van der Waals surface area contributed by atoms with Gasteiger partial charge in [0.15, 0.2) is 0 Å². The Labute approximate surface area is 122 Å². The normalized spacial score (nSPS) is 18.8. The van der Waals surface area contributed by atoms with Crippen LogP contribution in [0.25, 0.3) is 0 Å². The van der Waals surface area contributed by atoms with Gasteiger partial charge in [-0.15, -0.1) is 0 Å². The van der Waals surface area contributed by atoms with Crippen molar-refractivity contribution in [1.29, 1.82) is 0 Å². The second kappa shape index (κ2) is 5.04. The largest absolute Gasteiger partial charge is 0.488 e. The predicted octanol–water partition coefficient (Wildman–Crippen LogP) is 4.00. The van der Waals surface area contributed by atoms with Crippen LogP contribution in [0.2, 0.25) is 10.0 Å². The zero-order valence-corrected chi connectivity index (χ0v) is 11.7. The highest BCUT2D eigenvalue weighted by atomic mass is 35.5. The lowest BCUT2D eigenvalue weighted by Gasteiger charge is -2.20. The summed E-state index contributed by atoms with van der Waals surface area (Å²) in [5.41, 5.74) is 8.29. The Bertz CT molecular complexity index is 590. The Morgan fingerprint density at radius 1 is 1.16 bits per heavy atom. The molecule has 2 nitrogen and oxygen atoms in total. The number of nitrogens with two attached hydrogens (primary N) is 1. The van der Waals surface area contributed by atoms with Crippen LogP contribution in [0, 0.1) is 0 Å². The van der Waals surface area contributed by atoms with Crippen LogP contribution in [0.3, 0.4) is 0 Å². The Hall–Kier alpha value is -1.22. The summed E-state index contributed by atoms with van der Waals surface area (Å²) in [5.74, 6) is 0.904. The Balaban J connectivity index is 1.87. The molecule has 0 saturated carbocycles. The lowest BCUT2D eigenvalue weighted by molar-refractivity contribution is 0.200. The summed E-state index contributed by atoms with van der Waals surface area (Å²) in [6, 6.07) is 13.0. The quantitative estimate of drug-likeness (QED) is 0.908. The molecule has 0 radical (unpaired) electrons. The molecule has 2 aromatic carbocycles. The van der Waals surface area contributed by atoms with E-state index in [-0.39, 0.29) is 12.1 Å². The molecule has 2 unspecified atom stereocenters. The predicted molar refractivity (Wildman–Crippen MR) is 78.0 cm³/mol. The third-order valence-corrected chi connectivity index (χ3v) is 3.97. The van der Waals surface area contributed by atoms with Crippen molar-refractivity contribution in [3.8, 4) is 5.75 Å². The van der Waals surface area contributed by atoms with E-state index in [0.717, 1.165) is 17.7 Å². The smallest absolute Gasteiger partial charge is 0.123 e. The number of fused-ring (bicyclic) bond motifs is 1. The highest BCUT2D eigenvalue weighted by Gasteiger charge is 2.30. The van der Waals surface area contributed by atoms with Crippen LogP contribution in [0.15, 0.2) is 42.5 Å². The van der Waals surface area contributed by atoms with E-state index in [4.69, 9.17) is 33.7 Å². The summed E-state index contributed by atoms with van der Waals surface area (Å²) >= 11 is 12.2. The van der Waals surface area contributed by atoms with Gasteiger partial charge in [-0.1, -0.05) is 41.4 Å². The monoisotopic (exact) mass is 293 g/mol. The maximum absolute atomic E-state index is 6.28. The average Bonchev–Trinajstić information content (AvgIpc) is 2.84. The van der Waals surface area contributed by atoms with Gasteiger partial charge in [-0.3, -0.25) is 0 Å². The van der Waals surface area contributed by atoms with E-state index in [9.17, 15) is 0 Å². The van der Waals surface area contributed by atoms with E-state index in [1.54, 1.807) is 18.2 Å². The van der Waals surface area contributed by atoms with Gasteiger partial charge in [0.25, 0.3) is 0 Å². The summed E-state index contributed by atoms with van der Waals surface area (Å²) in [4.78, 5) is 0. The molecule has 0 amide bonds. The first kappa shape index (κ1) is 12.8. The zero-order valence-electron chi connectivity index (χ0n) is 10.1. The molecule has 98 valence electrons. The van der Waals surface area contributed by atoms with Crippen molar-refractivity contribution < 1.29 is 4.74 Å². The minimum atomic E-state index is -0.293. The second-order valence-corrected chi connectivity index (χ2v) is 5.50. The van der Waals surface area contributed by atoms with Crippen LogP contribution < -0.4 is 10.5 Å². The van der Waals surface area contributed by atoms with Crippen LogP contribution in [0.1, 0.15) is 17.2 Å². The number of hydrogen-bond acceptors (Lipinski definition) is 2. The highest BCUT2D eigenvalue weighted by molar-refractivity contribution is 6.33. The first-order valence-corrected chi connectivity index (χ1v) is 6.86. The molecule has 1 aliphatic heterocycles. The van der Waals surface area contributed by atoms with E-state index in [2.05, 4.69) is 6.07 Å². The van der Waals surface area contributed by atoms with E-state index >= 15 is 0 Å². The Morgan fingerprint density at radius 2 is 1.95 bits per heavy atom. The Kier molecular flexibility index (Phi) is 3.40. The summed E-state index contributed by atoms with van der Waals surface area (Å²) in [5, 5.41) is 1.25. The molecule has 0 saturated heterocycles. The fourth-order valence-corrected chi connectivity index (χ4v) is 2.80. The van der Waals surface area contributed by atoms with Crippen LogP contribution in [-0.2, 0) is 6.42 Å². The third-order valence-electron chi connectivity index (χ3n) is 3.39. The minimum absolute atomic E-state index is 0.103. The molecule has 3 rings (SSSR count). The molecule has 0 fully saturated rings. The number of halogens is 2. The van der Waals surface area contributed by atoms with E-state index in [1.165, 1.54) is 5.56 Å². The number of ether oxygens (including phenoxy) is 1. The Morgan fingerprint density at radius 3 is 2.74 bits per heavy atom. The lowest BCUT2D eigenvalue weighted by atomic mass is 9.98. The molecule has 2 aromatic rings. The number of para-hydroxylation sites is 1. The van der Waals surface area contributed by atoms with E-state index in [0.29, 0.717) is 10.0 Å². The standard InChI is InChI=1S/C15H13Cl2NO/c16-10-5-6-12(17)11(8-10)15(18)14-7-9-3-1-2-4-13(9)19-14/h1-6,8,14-15H,7,18H2. The summed E-state index contributed by atoms with van der Waals surface area (Å²) in [7, 11) is 0. The van der Waals surface area contributed by atoms with Gasteiger partial charge in [0.05, 0.1) is 6.04 Å². The van der Waals surface area contributed by atoms with Gasteiger partial charge < -0.3 is 10.5 Å². The average molecular weight is 294 g/mol. The van der Waals surface area contributed by atoms with Crippen molar-refractivity contribution in [2.75, 3.05) is 0 Å². The van der Waals surface area contributed by atoms with E-state index < -0.39 is 0 Å². The van der Waals surface area contributed by atoms with Gasteiger partial charge in [0.2, 0.25) is 0 Å². The molecule has 0 aliphatic carbocycles. The van der Waals surface area contributed by atoms with E-state index in [1.807, 2.05) is 18.2 Å².